The lowest BCUT2D eigenvalue weighted by atomic mass is 10.1. The van der Waals surface area contributed by atoms with Gasteiger partial charge in [-0.3, -0.25) is 9.48 Å². The van der Waals surface area contributed by atoms with Crippen molar-refractivity contribution in [3.8, 4) is 17.0 Å². The average Bonchev–Trinajstić information content (AvgIpc) is 2.80. The van der Waals surface area contributed by atoms with Crippen molar-refractivity contribution in [2.75, 3.05) is 21.2 Å². The predicted molar refractivity (Wildman–Crippen MR) is 73.2 cm³/mol. The molecule has 1 aromatic heterocycles. The molecule has 1 heterocycles. The van der Waals surface area contributed by atoms with E-state index < -0.39 is 0 Å². The van der Waals surface area contributed by atoms with Gasteiger partial charge in [0.25, 0.3) is 5.91 Å². The quantitative estimate of drug-likeness (QED) is 0.844. The highest BCUT2D eigenvalue weighted by Crippen LogP contribution is 2.23. The van der Waals surface area contributed by atoms with Crippen LogP contribution in [0.25, 0.3) is 11.3 Å². The summed E-state index contributed by atoms with van der Waals surface area (Å²) in [5.41, 5.74) is 2.24. The fourth-order valence-electron chi connectivity index (χ4n) is 1.82. The van der Waals surface area contributed by atoms with Crippen LogP contribution >= 0.6 is 0 Å². The molecule has 2 aromatic rings. The number of amides is 1. The average molecular weight is 259 g/mol. The summed E-state index contributed by atoms with van der Waals surface area (Å²) in [5, 5.41) is 4.37. The van der Waals surface area contributed by atoms with Crippen LogP contribution in [-0.2, 0) is 7.05 Å². The van der Waals surface area contributed by atoms with E-state index in [-0.39, 0.29) is 5.91 Å². The molecule has 19 heavy (non-hydrogen) atoms. The maximum Gasteiger partial charge on any atom is 0.271 e. The summed E-state index contributed by atoms with van der Waals surface area (Å²) >= 11 is 0. The maximum absolute atomic E-state index is 12.0. The van der Waals surface area contributed by atoms with Crippen LogP contribution < -0.4 is 4.74 Å². The highest BCUT2D eigenvalue weighted by atomic mass is 16.5. The van der Waals surface area contributed by atoms with Crippen molar-refractivity contribution < 1.29 is 9.53 Å². The monoisotopic (exact) mass is 259 g/mol. The molecule has 0 aliphatic rings. The van der Waals surface area contributed by atoms with E-state index in [1.165, 1.54) is 4.90 Å². The molecule has 0 bridgehead atoms. The molecule has 0 spiro atoms. The number of benzene rings is 1. The van der Waals surface area contributed by atoms with Crippen LogP contribution in [0, 0.1) is 0 Å². The third-order valence-electron chi connectivity index (χ3n) is 2.87. The number of carbonyl (C=O) groups excluding carboxylic acids is 1. The molecule has 0 N–H and O–H groups in total. The van der Waals surface area contributed by atoms with Crippen molar-refractivity contribution in [3.05, 3.63) is 36.0 Å². The molecule has 0 saturated carbocycles. The third kappa shape index (κ3) is 2.59. The molecule has 0 radical (unpaired) electrons. The molecular formula is C14H17N3O2. The Bertz CT molecular complexity index is 602. The Morgan fingerprint density at radius 3 is 2.68 bits per heavy atom. The highest BCUT2D eigenvalue weighted by molar-refractivity contribution is 5.93. The minimum absolute atomic E-state index is 0.0656. The van der Waals surface area contributed by atoms with Gasteiger partial charge < -0.3 is 9.64 Å². The molecule has 1 amide bonds. The molecule has 5 heteroatoms. The van der Waals surface area contributed by atoms with Crippen molar-refractivity contribution in [3.63, 3.8) is 0 Å². The van der Waals surface area contributed by atoms with Gasteiger partial charge in [-0.15, -0.1) is 0 Å². The Morgan fingerprint density at radius 2 is 2.05 bits per heavy atom. The molecule has 0 unspecified atom stereocenters. The number of nitrogens with zero attached hydrogens (tertiary/aromatic N) is 3. The van der Waals surface area contributed by atoms with Crippen LogP contribution in [0.4, 0.5) is 0 Å². The van der Waals surface area contributed by atoms with E-state index in [0.717, 1.165) is 17.0 Å². The lowest BCUT2D eigenvalue weighted by molar-refractivity contribution is 0.0817. The second-order valence-electron chi connectivity index (χ2n) is 4.47. The Morgan fingerprint density at radius 1 is 1.32 bits per heavy atom. The summed E-state index contributed by atoms with van der Waals surface area (Å²) < 4.78 is 6.78. The Kier molecular flexibility index (Phi) is 3.55. The summed E-state index contributed by atoms with van der Waals surface area (Å²) in [4.78, 5) is 13.5. The topological polar surface area (TPSA) is 47.4 Å². The number of rotatable bonds is 3. The summed E-state index contributed by atoms with van der Waals surface area (Å²) in [6.07, 6.45) is 0. The van der Waals surface area contributed by atoms with E-state index in [1.807, 2.05) is 24.3 Å². The zero-order valence-corrected chi connectivity index (χ0v) is 11.5. The number of carbonyl (C=O) groups is 1. The second-order valence-corrected chi connectivity index (χ2v) is 4.47. The van der Waals surface area contributed by atoms with E-state index in [0.29, 0.717) is 5.69 Å². The smallest absolute Gasteiger partial charge is 0.271 e. The van der Waals surface area contributed by atoms with Gasteiger partial charge in [-0.25, -0.2) is 0 Å². The minimum atomic E-state index is -0.0656. The summed E-state index contributed by atoms with van der Waals surface area (Å²) in [5.74, 6) is 0.702. The first kappa shape index (κ1) is 13.1. The van der Waals surface area contributed by atoms with Gasteiger partial charge in [0.2, 0.25) is 0 Å². The number of hydrogen-bond acceptors (Lipinski definition) is 3. The van der Waals surface area contributed by atoms with E-state index in [2.05, 4.69) is 5.10 Å². The van der Waals surface area contributed by atoms with Gasteiger partial charge in [-0.1, -0.05) is 12.1 Å². The van der Waals surface area contributed by atoms with Gasteiger partial charge in [-0.2, -0.15) is 5.10 Å². The van der Waals surface area contributed by atoms with Crippen LogP contribution in [0.3, 0.4) is 0 Å². The number of hydrogen-bond donors (Lipinski definition) is 0. The summed E-state index contributed by atoms with van der Waals surface area (Å²) in [7, 11) is 6.83. The SMILES string of the molecule is COc1cccc(-c2cc(C(=O)N(C)C)n(C)n2)c1. The van der Waals surface area contributed by atoms with Gasteiger partial charge in [0.1, 0.15) is 11.4 Å². The van der Waals surface area contributed by atoms with Crippen molar-refractivity contribution in [2.45, 2.75) is 0 Å². The van der Waals surface area contributed by atoms with Crippen LogP contribution in [0.2, 0.25) is 0 Å². The van der Waals surface area contributed by atoms with Crippen molar-refractivity contribution >= 4 is 5.91 Å². The molecule has 5 nitrogen and oxygen atoms in total. The molecule has 0 atom stereocenters. The summed E-state index contributed by atoms with van der Waals surface area (Å²) in [6.45, 7) is 0. The zero-order chi connectivity index (χ0) is 14.0. The van der Waals surface area contributed by atoms with E-state index in [1.54, 1.807) is 39.0 Å². The molecule has 2 rings (SSSR count). The minimum Gasteiger partial charge on any atom is -0.497 e. The molecular weight excluding hydrogens is 242 g/mol. The number of ether oxygens (including phenoxy) is 1. The van der Waals surface area contributed by atoms with E-state index >= 15 is 0 Å². The summed E-state index contributed by atoms with van der Waals surface area (Å²) in [6, 6.07) is 9.40. The van der Waals surface area contributed by atoms with Gasteiger partial charge in [0.15, 0.2) is 0 Å². The van der Waals surface area contributed by atoms with E-state index in [9.17, 15) is 4.79 Å². The number of methoxy groups -OCH3 is 1. The Labute approximate surface area is 112 Å². The van der Waals surface area contributed by atoms with Crippen molar-refractivity contribution in [1.82, 2.24) is 14.7 Å². The van der Waals surface area contributed by atoms with Crippen LogP contribution in [0.1, 0.15) is 10.5 Å². The lowest BCUT2D eigenvalue weighted by Gasteiger charge is -2.09. The van der Waals surface area contributed by atoms with Gasteiger partial charge >= 0.3 is 0 Å². The third-order valence-corrected chi connectivity index (χ3v) is 2.87. The fraction of sp³-hybridized carbons (Fsp3) is 0.286. The molecule has 1 aromatic carbocycles. The predicted octanol–water partition coefficient (Wildman–Crippen LogP) is 1.80. The zero-order valence-electron chi connectivity index (χ0n) is 11.5. The normalized spacial score (nSPS) is 10.3. The van der Waals surface area contributed by atoms with Gasteiger partial charge in [0.05, 0.1) is 12.8 Å². The standard InChI is InChI=1S/C14H17N3O2/c1-16(2)14(18)13-9-12(15-17(13)3)10-6-5-7-11(8-10)19-4/h5-9H,1-4H3. The number of aromatic nitrogens is 2. The van der Waals surface area contributed by atoms with E-state index in [4.69, 9.17) is 4.74 Å². The number of aryl methyl sites for hydroxylation is 1. The van der Waals surface area contributed by atoms with Gasteiger partial charge in [0, 0.05) is 26.7 Å². The van der Waals surface area contributed by atoms with Crippen LogP contribution in [-0.4, -0.2) is 41.8 Å². The molecule has 100 valence electrons. The molecule has 0 fully saturated rings. The molecule has 0 saturated heterocycles. The lowest BCUT2D eigenvalue weighted by Crippen LogP contribution is -2.24. The van der Waals surface area contributed by atoms with Crippen LogP contribution in [0.15, 0.2) is 30.3 Å². The fourth-order valence-corrected chi connectivity index (χ4v) is 1.82. The maximum atomic E-state index is 12.0. The molecule has 0 aliphatic carbocycles. The molecule has 0 aliphatic heterocycles. The highest BCUT2D eigenvalue weighted by Gasteiger charge is 2.15. The first-order chi connectivity index (χ1) is 9.02. The van der Waals surface area contributed by atoms with Crippen molar-refractivity contribution in [2.24, 2.45) is 7.05 Å². The van der Waals surface area contributed by atoms with Gasteiger partial charge in [-0.05, 0) is 18.2 Å². The Balaban J connectivity index is 2.41. The first-order valence-electron chi connectivity index (χ1n) is 5.93. The first-order valence-corrected chi connectivity index (χ1v) is 5.93. The van der Waals surface area contributed by atoms with Crippen LogP contribution in [0.5, 0.6) is 5.75 Å². The Hall–Kier alpha value is -2.30. The largest absolute Gasteiger partial charge is 0.497 e. The van der Waals surface area contributed by atoms with Crippen molar-refractivity contribution in [1.29, 1.82) is 0 Å². The second kappa shape index (κ2) is 5.14.